The molecular formula is C22H29IN6O3. The fourth-order valence-electron chi connectivity index (χ4n) is 3.87. The summed E-state index contributed by atoms with van der Waals surface area (Å²) in [7, 11) is 1.77. The van der Waals surface area contributed by atoms with Crippen LogP contribution in [0.4, 0.5) is 5.69 Å². The average Bonchev–Trinajstić information content (AvgIpc) is 3.35. The van der Waals surface area contributed by atoms with Crippen LogP contribution in [0.2, 0.25) is 0 Å². The molecule has 0 spiro atoms. The Balaban J connectivity index is 0.00000289. The van der Waals surface area contributed by atoms with Crippen LogP contribution in [0.25, 0.3) is 0 Å². The number of rotatable bonds is 4. The van der Waals surface area contributed by atoms with Crippen molar-refractivity contribution in [1.82, 2.24) is 20.4 Å². The van der Waals surface area contributed by atoms with Crippen LogP contribution < -0.4 is 15.5 Å². The van der Waals surface area contributed by atoms with Crippen molar-refractivity contribution < 1.29 is 14.0 Å². The van der Waals surface area contributed by atoms with E-state index >= 15 is 0 Å². The first-order chi connectivity index (χ1) is 15.1. The molecule has 2 N–H and O–H groups in total. The molecule has 2 amide bonds. The molecule has 172 valence electrons. The van der Waals surface area contributed by atoms with E-state index in [1.54, 1.807) is 19.2 Å². The maximum atomic E-state index is 12.4. The zero-order valence-corrected chi connectivity index (χ0v) is 20.5. The van der Waals surface area contributed by atoms with E-state index in [0.717, 1.165) is 23.8 Å². The van der Waals surface area contributed by atoms with Crippen LogP contribution >= 0.6 is 24.0 Å². The third-order valence-electron chi connectivity index (χ3n) is 5.60. The minimum atomic E-state index is -0.0705. The predicted molar refractivity (Wildman–Crippen MR) is 133 cm³/mol. The number of hydrogen-bond acceptors (Lipinski definition) is 5. The molecule has 10 heteroatoms. The summed E-state index contributed by atoms with van der Waals surface area (Å²) in [4.78, 5) is 34.5. The Hall–Kier alpha value is -2.76. The lowest BCUT2D eigenvalue weighted by molar-refractivity contribution is -0.120. The Labute approximate surface area is 204 Å². The highest BCUT2D eigenvalue weighted by Gasteiger charge is 2.25. The monoisotopic (exact) mass is 552 g/mol. The zero-order valence-electron chi connectivity index (χ0n) is 18.1. The number of anilines is 1. The van der Waals surface area contributed by atoms with Crippen LogP contribution in [-0.2, 0) is 11.3 Å². The number of nitrogens with zero attached hydrogens (tertiary/aromatic N) is 4. The maximum Gasteiger partial charge on any atom is 0.289 e. The van der Waals surface area contributed by atoms with Crippen LogP contribution in [-0.4, -0.2) is 80.4 Å². The van der Waals surface area contributed by atoms with E-state index in [-0.39, 0.29) is 35.8 Å². The molecule has 1 aromatic carbocycles. The number of nitrogens with one attached hydrogen (secondary N) is 2. The lowest BCUT2D eigenvalue weighted by Crippen LogP contribution is -2.53. The lowest BCUT2D eigenvalue weighted by atomic mass is 10.2. The van der Waals surface area contributed by atoms with Crippen LogP contribution in [0.5, 0.6) is 0 Å². The molecule has 2 saturated heterocycles. The molecule has 3 heterocycles. The van der Waals surface area contributed by atoms with Crippen LogP contribution in [0, 0.1) is 0 Å². The molecular weight excluding hydrogens is 523 g/mol. The van der Waals surface area contributed by atoms with E-state index < -0.39 is 0 Å². The standard InChI is InChI=1S/C22H28N6O3.HI/c1-23-22(27-12-10-26(11-13-27)21(30)19-3-2-14-31-19)25-15-17-4-6-18(7-5-17)28-9-8-24-20(29)16-28;/h2-7,14H,8-13,15-16H2,1H3,(H,23,25)(H,24,29);1H. The number of halogens is 1. The molecule has 0 bridgehead atoms. The summed E-state index contributed by atoms with van der Waals surface area (Å²) in [6.07, 6.45) is 1.52. The Kier molecular flexibility index (Phi) is 8.37. The van der Waals surface area contributed by atoms with E-state index in [0.29, 0.717) is 51.6 Å². The summed E-state index contributed by atoms with van der Waals surface area (Å²) in [5.41, 5.74) is 2.19. The quantitative estimate of drug-likeness (QED) is 0.338. The molecule has 0 saturated carbocycles. The van der Waals surface area contributed by atoms with Crippen LogP contribution in [0.3, 0.4) is 0 Å². The zero-order chi connectivity index (χ0) is 21.6. The van der Waals surface area contributed by atoms with Gasteiger partial charge >= 0.3 is 0 Å². The predicted octanol–water partition coefficient (Wildman–Crippen LogP) is 1.37. The molecule has 2 aliphatic rings. The molecule has 2 aromatic rings. The van der Waals surface area contributed by atoms with E-state index in [4.69, 9.17) is 4.42 Å². The fourth-order valence-corrected chi connectivity index (χ4v) is 3.87. The molecule has 4 rings (SSSR count). The summed E-state index contributed by atoms with van der Waals surface area (Å²) in [6, 6.07) is 11.7. The first-order valence-electron chi connectivity index (χ1n) is 10.5. The van der Waals surface area contributed by atoms with E-state index in [9.17, 15) is 9.59 Å². The molecule has 0 aliphatic carbocycles. The normalized spacial score (nSPS) is 17.0. The molecule has 9 nitrogen and oxygen atoms in total. The third kappa shape index (κ3) is 5.72. The number of carbonyl (C=O) groups is 2. The third-order valence-corrected chi connectivity index (χ3v) is 5.60. The number of furan rings is 1. The maximum absolute atomic E-state index is 12.4. The largest absolute Gasteiger partial charge is 0.459 e. The average molecular weight is 552 g/mol. The summed E-state index contributed by atoms with van der Waals surface area (Å²) in [5, 5.41) is 6.25. The first kappa shape index (κ1) is 23.9. The number of amides is 2. The Morgan fingerprint density at radius 1 is 1.09 bits per heavy atom. The van der Waals surface area contributed by atoms with Gasteiger partial charge < -0.3 is 29.8 Å². The van der Waals surface area contributed by atoms with E-state index in [2.05, 4.69) is 49.7 Å². The van der Waals surface area contributed by atoms with Gasteiger partial charge in [-0.3, -0.25) is 14.6 Å². The second-order valence-electron chi connectivity index (χ2n) is 7.60. The van der Waals surface area contributed by atoms with Gasteiger partial charge in [0.25, 0.3) is 5.91 Å². The minimum absolute atomic E-state index is 0. The molecule has 0 atom stereocenters. The molecule has 2 aliphatic heterocycles. The highest BCUT2D eigenvalue weighted by atomic mass is 127. The van der Waals surface area contributed by atoms with Gasteiger partial charge in [-0.05, 0) is 29.8 Å². The van der Waals surface area contributed by atoms with Gasteiger partial charge in [-0.15, -0.1) is 24.0 Å². The topological polar surface area (TPSA) is 93.4 Å². The van der Waals surface area contributed by atoms with Gasteiger partial charge in [-0.1, -0.05) is 12.1 Å². The summed E-state index contributed by atoms with van der Waals surface area (Å²) < 4.78 is 5.22. The summed E-state index contributed by atoms with van der Waals surface area (Å²) >= 11 is 0. The van der Waals surface area contributed by atoms with Crippen molar-refractivity contribution in [2.75, 3.05) is 57.8 Å². The number of carbonyl (C=O) groups excluding carboxylic acids is 2. The van der Waals surface area contributed by atoms with Gasteiger partial charge in [0, 0.05) is 58.5 Å². The second-order valence-corrected chi connectivity index (χ2v) is 7.60. The highest BCUT2D eigenvalue weighted by Crippen LogP contribution is 2.16. The van der Waals surface area contributed by atoms with Gasteiger partial charge in [0.05, 0.1) is 12.8 Å². The molecule has 0 unspecified atom stereocenters. The number of aliphatic imine (C=N–C) groups is 1. The van der Waals surface area contributed by atoms with E-state index in [1.807, 2.05) is 4.90 Å². The van der Waals surface area contributed by atoms with Crippen molar-refractivity contribution in [3.8, 4) is 0 Å². The van der Waals surface area contributed by atoms with Crippen LogP contribution in [0.1, 0.15) is 16.1 Å². The molecule has 32 heavy (non-hydrogen) atoms. The smallest absolute Gasteiger partial charge is 0.289 e. The Morgan fingerprint density at radius 2 is 1.81 bits per heavy atom. The summed E-state index contributed by atoms with van der Waals surface area (Å²) in [6.45, 7) is 5.22. The Bertz CT molecular complexity index is 924. The van der Waals surface area contributed by atoms with Gasteiger partial charge in [0.2, 0.25) is 5.91 Å². The van der Waals surface area contributed by atoms with E-state index in [1.165, 1.54) is 6.26 Å². The van der Waals surface area contributed by atoms with Crippen molar-refractivity contribution >= 4 is 47.4 Å². The summed E-state index contributed by atoms with van der Waals surface area (Å²) in [5.74, 6) is 1.19. The molecule has 0 radical (unpaired) electrons. The fraction of sp³-hybridized carbons (Fsp3) is 0.409. The number of benzene rings is 1. The van der Waals surface area contributed by atoms with Crippen molar-refractivity contribution in [3.05, 3.63) is 54.0 Å². The van der Waals surface area contributed by atoms with Crippen molar-refractivity contribution in [2.45, 2.75) is 6.54 Å². The lowest BCUT2D eigenvalue weighted by Gasteiger charge is -2.36. The van der Waals surface area contributed by atoms with Crippen molar-refractivity contribution in [3.63, 3.8) is 0 Å². The second kappa shape index (κ2) is 11.2. The minimum Gasteiger partial charge on any atom is -0.459 e. The Morgan fingerprint density at radius 3 is 2.44 bits per heavy atom. The first-order valence-corrected chi connectivity index (χ1v) is 10.5. The van der Waals surface area contributed by atoms with Gasteiger partial charge in [-0.2, -0.15) is 0 Å². The molecule has 2 fully saturated rings. The SMILES string of the molecule is CN=C(NCc1ccc(N2CCNC(=O)C2)cc1)N1CCN(C(=O)c2ccco2)CC1.I. The van der Waals surface area contributed by atoms with Crippen molar-refractivity contribution in [2.24, 2.45) is 4.99 Å². The van der Waals surface area contributed by atoms with Gasteiger partial charge in [-0.25, -0.2) is 0 Å². The molecule has 1 aromatic heterocycles. The van der Waals surface area contributed by atoms with Gasteiger partial charge in [0.1, 0.15) is 0 Å². The van der Waals surface area contributed by atoms with Crippen molar-refractivity contribution in [1.29, 1.82) is 0 Å². The van der Waals surface area contributed by atoms with Crippen LogP contribution in [0.15, 0.2) is 52.1 Å². The van der Waals surface area contributed by atoms with Gasteiger partial charge in [0.15, 0.2) is 11.7 Å². The number of hydrogen-bond donors (Lipinski definition) is 2. The highest BCUT2D eigenvalue weighted by molar-refractivity contribution is 14.0. The number of guanidine groups is 1. The number of piperazine rings is 2.